The van der Waals surface area contributed by atoms with Crippen LogP contribution in [0.1, 0.15) is 54.4 Å². The van der Waals surface area contributed by atoms with Crippen LogP contribution < -0.4 is 0 Å². The van der Waals surface area contributed by atoms with E-state index in [0.717, 1.165) is 10.1 Å². The van der Waals surface area contributed by atoms with E-state index in [9.17, 15) is 15.2 Å². The third kappa shape index (κ3) is 2.76. The minimum Gasteiger partial charge on any atom is -0.464 e. The Balaban J connectivity index is 2.27. The first-order chi connectivity index (χ1) is 9.85. The first-order valence-electron chi connectivity index (χ1n) is 7.57. The van der Waals surface area contributed by atoms with E-state index in [1.165, 1.54) is 6.92 Å². The van der Waals surface area contributed by atoms with Gasteiger partial charge in [-0.2, -0.15) is 0 Å². The molecule has 0 aromatic carbocycles. The van der Waals surface area contributed by atoms with Crippen LogP contribution in [-0.4, -0.2) is 51.7 Å². The van der Waals surface area contributed by atoms with Gasteiger partial charge in [0.05, 0.1) is 6.61 Å². The number of hydrogen-bond donors (Lipinski definition) is 0. The van der Waals surface area contributed by atoms with Crippen LogP contribution >= 0.6 is 0 Å². The summed E-state index contributed by atoms with van der Waals surface area (Å²) in [5, 5.41) is 27.4. The molecule has 1 spiro atoms. The number of ether oxygens (including phenoxy) is 2. The second-order valence-electron chi connectivity index (χ2n) is 8.08. The molecule has 0 aromatic rings. The van der Waals surface area contributed by atoms with Gasteiger partial charge in [-0.15, -0.1) is 20.5 Å². The number of esters is 1. The molecule has 2 rings (SSSR count). The maximum atomic E-state index is 13.0. The third-order valence-electron chi connectivity index (χ3n) is 4.62. The zero-order chi connectivity index (χ0) is 17.0. The number of piperidine rings is 1. The van der Waals surface area contributed by atoms with Crippen LogP contribution in [0.5, 0.6) is 0 Å². The van der Waals surface area contributed by atoms with E-state index in [0.29, 0.717) is 12.8 Å². The Kier molecular flexibility index (Phi) is 4.12. The van der Waals surface area contributed by atoms with Gasteiger partial charge in [0.1, 0.15) is 12.1 Å². The molecule has 1 atom stereocenters. The molecule has 0 aliphatic carbocycles. The maximum absolute atomic E-state index is 13.0. The zero-order valence-electron chi connectivity index (χ0n) is 14.3. The van der Waals surface area contributed by atoms with Gasteiger partial charge >= 0.3 is 5.97 Å². The Labute approximate surface area is 131 Å². The summed E-state index contributed by atoms with van der Waals surface area (Å²) in [6.45, 7) is 10.5. The van der Waals surface area contributed by atoms with Crippen molar-refractivity contribution >= 4 is 5.97 Å². The Hall–Kier alpha value is -0.730. The molecular formula is C15H26N2O5. The molecule has 22 heavy (non-hydrogen) atoms. The van der Waals surface area contributed by atoms with Gasteiger partial charge in [0, 0.05) is 30.8 Å². The summed E-state index contributed by atoms with van der Waals surface area (Å²) < 4.78 is 10.9. The smallest absolute Gasteiger partial charge is 0.302 e. The quantitative estimate of drug-likeness (QED) is 0.724. The van der Waals surface area contributed by atoms with E-state index >= 15 is 0 Å². The minimum atomic E-state index is -1.05. The summed E-state index contributed by atoms with van der Waals surface area (Å²) in [4.78, 5) is 11.0. The van der Waals surface area contributed by atoms with Crippen molar-refractivity contribution in [2.45, 2.75) is 76.7 Å². The Morgan fingerprint density at radius 3 is 2.00 bits per heavy atom. The molecule has 2 radical (unpaired) electrons. The molecule has 2 aliphatic heterocycles. The summed E-state index contributed by atoms with van der Waals surface area (Å²) in [6.07, 6.45) is 0.623. The Bertz CT molecular complexity index is 447. The van der Waals surface area contributed by atoms with Crippen LogP contribution in [0.3, 0.4) is 0 Å². The van der Waals surface area contributed by atoms with Gasteiger partial charge in [-0.05, 0) is 34.6 Å². The number of hydroxylamine groups is 4. The topological polar surface area (TPSA) is 81.8 Å². The molecule has 0 amide bonds. The molecule has 2 saturated heterocycles. The average Bonchev–Trinajstić information content (AvgIpc) is 2.59. The van der Waals surface area contributed by atoms with E-state index < -0.39 is 28.3 Å². The highest BCUT2D eigenvalue weighted by Crippen LogP contribution is 2.50. The summed E-state index contributed by atoms with van der Waals surface area (Å²) in [5.74, 6) is -0.425. The van der Waals surface area contributed by atoms with Gasteiger partial charge < -0.3 is 9.47 Å². The van der Waals surface area contributed by atoms with Crippen molar-refractivity contribution in [2.75, 3.05) is 13.2 Å². The number of hydrogen-bond acceptors (Lipinski definition) is 5. The van der Waals surface area contributed by atoms with Crippen LogP contribution in [0.4, 0.5) is 0 Å². The van der Waals surface area contributed by atoms with Crippen molar-refractivity contribution in [3.63, 3.8) is 0 Å². The van der Waals surface area contributed by atoms with E-state index in [1.807, 2.05) is 27.7 Å². The zero-order valence-corrected chi connectivity index (χ0v) is 14.3. The lowest BCUT2D eigenvalue weighted by molar-refractivity contribution is -0.371. The van der Waals surface area contributed by atoms with Crippen LogP contribution in [0.15, 0.2) is 0 Å². The molecule has 0 saturated carbocycles. The molecule has 0 N–H and O–H groups in total. The van der Waals surface area contributed by atoms with Gasteiger partial charge in [-0.25, -0.2) is 0 Å². The minimum absolute atomic E-state index is 0.0183. The van der Waals surface area contributed by atoms with E-state index in [-0.39, 0.29) is 13.2 Å². The van der Waals surface area contributed by atoms with Gasteiger partial charge in [0.25, 0.3) is 0 Å². The highest BCUT2D eigenvalue weighted by molar-refractivity contribution is 5.65. The lowest BCUT2D eigenvalue weighted by atomic mass is 9.76. The number of nitrogens with zero attached hydrogens (tertiary/aromatic N) is 2. The van der Waals surface area contributed by atoms with E-state index in [4.69, 9.17) is 9.47 Å². The average molecular weight is 314 g/mol. The molecule has 126 valence electrons. The predicted molar refractivity (Wildman–Crippen MR) is 76.2 cm³/mol. The van der Waals surface area contributed by atoms with Crippen molar-refractivity contribution in [1.82, 2.24) is 10.1 Å². The SMILES string of the molecule is CC(=O)OCC1(C)COC2(CC(C)(C)N([O])C(C)(C)C2)N1[O]. The van der Waals surface area contributed by atoms with Crippen molar-refractivity contribution in [1.29, 1.82) is 0 Å². The molecule has 1 unspecified atom stereocenters. The van der Waals surface area contributed by atoms with E-state index in [2.05, 4.69) is 0 Å². The van der Waals surface area contributed by atoms with Crippen LogP contribution in [0, 0.1) is 0 Å². The first-order valence-corrected chi connectivity index (χ1v) is 7.57. The normalized spacial score (nSPS) is 34.0. The monoisotopic (exact) mass is 314 g/mol. The summed E-state index contributed by atoms with van der Waals surface area (Å²) in [7, 11) is 0. The molecule has 2 heterocycles. The number of carbonyl (C=O) groups excluding carboxylic acids is 1. The lowest BCUT2D eigenvalue weighted by Crippen LogP contribution is -2.68. The predicted octanol–water partition coefficient (Wildman–Crippen LogP) is 1.68. The van der Waals surface area contributed by atoms with Gasteiger partial charge in [0.2, 0.25) is 0 Å². The fourth-order valence-corrected chi connectivity index (χ4v) is 3.88. The lowest BCUT2D eigenvalue weighted by Gasteiger charge is -2.54. The van der Waals surface area contributed by atoms with Crippen molar-refractivity contribution in [2.24, 2.45) is 0 Å². The number of rotatable bonds is 2. The molecule has 2 aliphatic rings. The highest BCUT2D eigenvalue weighted by atomic mass is 16.6. The fourth-order valence-electron chi connectivity index (χ4n) is 3.88. The largest absolute Gasteiger partial charge is 0.464 e. The Morgan fingerprint density at radius 2 is 1.55 bits per heavy atom. The standard InChI is InChI=1S/C15H26N2O5/c1-11(18)21-9-14(6)10-22-15(17(14)20)7-12(2,3)16(19)13(4,5)8-15/h7-10H2,1-6H3. The molecule has 7 nitrogen and oxygen atoms in total. The number of carbonyl (C=O) groups is 1. The second-order valence-corrected chi connectivity index (χ2v) is 8.08. The van der Waals surface area contributed by atoms with Gasteiger partial charge in [-0.3, -0.25) is 4.79 Å². The molecular weight excluding hydrogens is 288 g/mol. The van der Waals surface area contributed by atoms with Crippen LogP contribution in [0.2, 0.25) is 0 Å². The summed E-state index contributed by atoms with van der Waals surface area (Å²) >= 11 is 0. The van der Waals surface area contributed by atoms with E-state index in [1.54, 1.807) is 6.92 Å². The van der Waals surface area contributed by atoms with Crippen LogP contribution in [0.25, 0.3) is 0 Å². The molecule has 0 aromatic heterocycles. The Morgan fingerprint density at radius 1 is 1.05 bits per heavy atom. The van der Waals surface area contributed by atoms with Crippen LogP contribution in [-0.2, 0) is 24.7 Å². The summed E-state index contributed by atoms with van der Waals surface area (Å²) in [5.41, 5.74) is -3.40. The van der Waals surface area contributed by atoms with Crippen molar-refractivity contribution in [3.05, 3.63) is 0 Å². The first kappa shape index (κ1) is 17.6. The third-order valence-corrected chi connectivity index (χ3v) is 4.62. The molecule has 0 bridgehead atoms. The fraction of sp³-hybridized carbons (Fsp3) is 0.933. The summed E-state index contributed by atoms with van der Waals surface area (Å²) in [6, 6.07) is 0. The second kappa shape index (κ2) is 5.14. The van der Waals surface area contributed by atoms with Crippen molar-refractivity contribution in [3.8, 4) is 0 Å². The highest BCUT2D eigenvalue weighted by Gasteiger charge is 2.63. The van der Waals surface area contributed by atoms with Gasteiger partial charge in [0.15, 0.2) is 5.72 Å². The van der Waals surface area contributed by atoms with Crippen molar-refractivity contribution < 1.29 is 24.7 Å². The maximum Gasteiger partial charge on any atom is 0.302 e. The molecule has 2 fully saturated rings. The molecule has 7 heteroatoms. The van der Waals surface area contributed by atoms with Gasteiger partial charge in [-0.1, -0.05) is 0 Å².